The molecule has 0 bridgehead atoms. The number of nitrogens with zero attached hydrogens (tertiary/aromatic N) is 1. The summed E-state index contributed by atoms with van der Waals surface area (Å²) in [6.45, 7) is 11.3. The Balaban J connectivity index is 1.57. The molecule has 3 rings (SSSR count). The summed E-state index contributed by atoms with van der Waals surface area (Å²) in [5, 5.41) is 0. The fraction of sp³-hybridized carbons (Fsp3) is 0.545. The molecule has 1 heterocycles. The molecule has 26 heavy (non-hydrogen) atoms. The predicted molar refractivity (Wildman–Crippen MR) is 102 cm³/mol. The third kappa shape index (κ3) is 3.55. The molecule has 0 unspecified atom stereocenters. The molecule has 0 radical (unpaired) electrons. The Bertz CT molecular complexity index is 708. The lowest BCUT2D eigenvalue weighted by Gasteiger charge is -2.23. The van der Waals surface area contributed by atoms with Gasteiger partial charge in [-0.3, -0.25) is 14.5 Å². The Morgan fingerprint density at radius 1 is 0.962 bits per heavy atom. The molecule has 2 atom stereocenters. The van der Waals surface area contributed by atoms with Crippen molar-refractivity contribution in [1.82, 2.24) is 4.90 Å². The van der Waals surface area contributed by atoms with Crippen molar-refractivity contribution < 1.29 is 14.3 Å². The summed E-state index contributed by atoms with van der Waals surface area (Å²) in [6.07, 6.45) is 1.43. The first-order valence-electron chi connectivity index (χ1n) is 9.42. The van der Waals surface area contributed by atoms with Crippen LogP contribution in [0.2, 0.25) is 0 Å². The van der Waals surface area contributed by atoms with Gasteiger partial charge in [-0.25, -0.2) is 0 Å². The van der Waals surface area contributed by atoms with E-state index in [2.05, 4.69) is 46.8 Å². The average Bonchev–Trinajstić information content (AvgIpc) is 2.80. The molecule has 0 N–H and O–H groups in total. The van der Waals surface area contributed by atoms with Gasteiger partial charge in [0.25, 0.3) is 0 Å². The minimum atomic E-state index is -0.169. The van der Waals surface area contributed by atoms with Gasteiger partial charge in [-0.05, 0) is 49.8 Å². The van der Waals surface area contributed by atoms with Gasteiger partial charge in [-0.15, -0.1) is 0 Å². The van der Waals surface area contributed by atoms with Crippen molar-refractivity contribution in [3.05, 3.63) is 41.0 Å². The van der Waals surface area contributed by atoms with Crippen LogP contribution in [-0.4, -0.2) is 29.9 Å². The Labute approximate surface area is 156 Å². The highest BCUT2D eigenvalue weighted by molar-refractivity contribution is 6.05. The summed E-state index contributed by atoms with van der Waals surface area (Å²) in [7, 11) is 0. The van der Waals surface area contributed by atoms with E-state index >= 15 is 0 Å². The van der Waals surface area contributed by atoms with Gasteiger partial charge in [-0.2, -0.15) is 0 Å². The smallest absolute Gasteiger partial charge is 0.233 e. The van der Waals surface area contributed by atoms with Crippen molar-refractivity contribution in [3.8, 4) is 5.75 Å². The standard InChI is InChI=1S/C22H29NO3/c1-14-12-18-19(13-15(14)2)21(25)23(20(18)24)10-11-26-17-8-6-16(7-9-17)22(3,4)5/h6-9,18-19H,10-13H2,1-5H3/t18-,19+. The molecule has 0 spiro atoms. The van der Waals surface area contributed by atoms with Crippen LogP contribution in [0.3, 0.4) is 0 Å². The molecule has 2 aliphatic rings. The van der Waals surface area contributed by atoms with Crippen molar-refractivity contribution in [2.24, 2.45) is 11.8 Å². The maximum absolute atomic E-state index is 12.6. The summed E-state index contributed by atoms with van der Waals surface area (Å²) in [4.78, 5) is 26.7. The van der Waals surface area contributed by atoms with Crippen molar-refractivity contribution in [2.75, 3.05) is 13.2 Å². The summed E-state index contributed by atoms with van der Waals surface area (Å²) in [5.41, 5.74) is 3.86. The van der Waals surface area contributed by atoms with Crippen molar-refractivity contribution in [2.45, 2.75) is 52.9 Å². The molecule has 0 aromatic heterocycles. The third-order valence-electron chi connectivity index (χ3n) is 5.74. The number of imide groups is 1. The van der Waals surface area contributed by atoms with Gasteiger partial charge in [0.1, 0.15) is 12.4 Å². The lowest BCUT2D eigenvalue weighted by Crippen LogP contribution is -2.34. The Hall–Kier alpha value is -2.10. The maximum atomic E-state index is 12.6. The summed E-state index contributed by atoms with van der Waals surface area (Å²) in [5.74, 6) is 0.370. The molecule has 1 aliphatic heterocycles. The predicted octanol–water partition coefficient (Wildman–Crippen LogP) is 4.09. The van der Waals surface area contributed by atoms with E-state index in [1.807, 2.05) is 12.1 Å². The Kier molecular flexibility index (Phi) is 4.96. The molecule has 1 aliphatic carbocycles. The molecule has 4 nitrogen and oxygen atoms in total. The summed E-state index contributed by atoms with van der Waals surface area (Å²) in [6, 6.07) is 8.02. The number of fused-ring (bicyclic) bond motifs is 1. The van der Waals surface area contributed by atoms with E-state index in [4.69, 9.17) is 4.74 Å². The van der Waals surface area contributed by atoms with Crippen LogP contribution in [0.4, 0.5) is 0 Å². The monoisotopic (exact) mass is 355 g/mol. The number of carbonyl (C=O) groups is 2. The Morgan fingerprint density at radius 2 is 1.46 bits per heavy atom. The number of ether oxygens (including phenoxy) is 1. The van der Waals surface area contributed by atoms with Gasteiger partial charge in [0.2, 0.25) is 11.8 Å². The molecular formula is C22H29NO3. The number of hydrogen-bond acceptors (Lipinski definition) is 3. The van der Waals surface area contributed by atoms with E-state index < -0.39 is 0 Å². The number of likely N-dealkylation sites (tertiary alicyclic amines) is 1. The van der Waals surface area contributed by atoms with E-state index in [0.717, 1.165) is 5.75 Å². The highest BCUT2D eigenvalue weighted by Crippen LogP contribution is 2.40. The van der Waals surface area contributed by atoms with Crippen LogP contribution in [0, 0.1) is 11.8 Å². The lowest BCUT2D eigenvalue weighted by atomic mass is 9.78. The first-order chi connectivity index (χ1) is 12.2. The van der Waals surface area contributed by atoms with Crippen molar-refractivity contribution in [1.29, 1.82) is 0 Å². The van der Waals surface area contributed by atoms with Crippen LogP contribution in [0.1, 0.15) is 53.0 Å². The molecule has 1 saturated heterocycles. The second-order valence-electron chi connectivity index (χ2n) is 8.63. The molecular weight excluding hydrogens is 326 g/mol. The van der Waals surface area contributed by atoms with Gasteiger partial charge in [0.05, 0.1) is 18.4 Å². The number of amides is 2. The van der Waals surface area contributed by atoms with E-state index in [0.29, 0.717) is 26.0 Å². The number of benzene rings is 1. The van der Waals surface area contributed by atoms with Crippen LogP contribution < -0.4 is 4.74 Å². The zero-order valence-electron chi connectivity index (χ0n) is 16.5. The van der Waals surface area contributed by atoms with Crippen LogP contribution in [0.15, 0.2) is 35.4 Å². The number of rotatable bonds is 4. The van der Waals surface area contributed by atoms with E-state index in [1.54, 1.807) is 0 Å². The van der Waals surface area contributed by atoms with Crippen LogP contribution in [0.5, 0.6) is 5.75 Å². The summed E-state index contributed by atoms with van der Waals surface area (Å²) < 4.78 is 5.77. The average molecular weight is 355 g/mol. The van der Waals surface area contributed by atoms with E-state index in [-0.39, 0.29) is 29.1 Å². The van der Waals surface area contributed by atoms with E-state index in [9.17, 15) is 9.59 Å². The molecule has 2 amide bonds. The Morgan fingerprint density at radius 3 is 1.92 bits per heavy atom. The highest BCUT2D eigenvalue weighted by atomic mass is 16.5. The SMILES string of the molecule is CC1=C(C)C[C@H]2C(=O)N(CCOc3ccc(C(C)(C)C)cc3)C(=O)[C@H]2C1. The second-order valence-corrected chi connectivity index (χ2v) is 8.63. The molecule has 1 aromatic carbocycles. The van der Waals surface area contributed by atoms with Crippen LogP contribution >= 0.6 is 0 Å². The zero-order chi connectivity index (χ0) is 19.1. The van der Waals surface area contributed by atoms with Crippen LogP contribution in [0.25, 0.3) is 0 Å². The fourth-order valence-corrected chi connectivity index (χ4v) is 3.85. The van der Waals surface area contributed by atoms with Gasteiger partial charge >= 0.3 is 0 Å². The first-order valence-corrected chi connectivity index (χ1v) is 9.42. The van der Waals surface area contributed by atoms with Crippen molar-refractivity contribution >= 4 is 11.8 Å². The molecule has 4 heteroatoms. The normalized spacial score (nSPS) is 23.5. The minimum Gasteiger partial charge on any atom is -0.492 e. The molecule has 1 fully saturated rings. The summed E-state index contributed by atoms with van der Waals surface area (Å²) >= 11 is 0. The number of carbonyl (C=O) groups excluding carboxylic acids is 2. The molecule has 1 aromatic rings. The molecule has 140 valence electrons. The quantitative estimate of drug-likeness (QED) is 0.603. The van der Waals surface area contributed by atoms with Gasteiger partial charge < -0.3 is 4.74 Å². The maximum Gasteiger partial charge on any atom is 0.233 e. The van der Waals surface area contributed by atoms with Gasteiger partial charge in [0, 0.05) is 0 Å². The lowest BCUT2D eigenvalue weighted by molar-refractivity contribution is -0.140. The largest absolute Gasteiger partial charge is 0.492 e. The number of allylic oxidation sites excluding steroid dienone is 2. The van der Waals surface area contributed by atoms with Crippen LogP contribution in [-0.2, 0) is 15.0 Å². The number of hydrogen-bond donors (Lipinski definition) is 0. The minimum absolute atomic E-state index is 0.0291. The van der Waals surface area contributed by atoms with Crippen molar-refractivity contribution in [3.63, 3.8) is 0 Å². The van der Waals surface area contributed by atoms with E-state index in [1.165, 1.54) is 21.6 Å². The molecule has 0 saturated carbocycles. The second kappa shape index (κ2) is 6.90. The third-order valence-corrected chi connectivity index (χ3v) is 5.74. The topological polar surface area (TPSA) is 46.6 Å². The van der Waals surface area contributed by atoms with Gasteiger partial charge in [0.15, 0.2) is 0 Å². The highest BCUT2D eigenvalue weighted by Gasteiger charge is 2.48. The first kappa shape index (κ1) is 18.7. The zero-order valence-corrected chi connectivity index (χ0v) is 16.5. The van der Waals surface area contributed by atoms with Gasteiger partial charge in [-0.1, -0.05) is 44.1 Å². The fourth-order valence-electron chi connectivity index (χ4n) is 3.85.